The molecule has 0 aliphatic heterocycles. The van der Waals surface area contributed by atoms with Crippen LogP contribution in [0.1, 0.15) is 21.5 Å². The van der Waals surface area contributed by atoms with Crippen LogP contribution in [-0.2, 0) is 6.54 Å². The summed E-state index contributed by atoms with van der Waals surface area (Å²) in [6.45, 7) is 2.39. The fraction of sp³-hybridized carbons (Fsp3) is 0.235. The molecule has 0 aliphatic rings. The van der Waals surface area contributed by atoms with E-state index in [2.05, 4.69) is 0 Å². The average molecular weight is 330 g/mol. The van der Waals surface area contributed by atoms with E-state index in [1.54, 1.807) is 19.2 Å². The molecule has 0 aliphatic carbocycles. The number of nitro benzene ring substituents is 1. The van der Waals surface area contributed by atoms with Gasteiger partial charge in [-0.25, -0.2) is 0 Å². The second-order valence-electron chi connectivity index (χ2n) is 5.23. The van der Waals surface area contributed by atoms with Gasteiger partial charge in [-0.3, -0.25) is 14.9 Å². The first-order chi connectivity index (χ1) is 10.9. The molecule has 0 unspecified atom stereocenters. The smallest absolute Gasteiger partial charge is 0.282 e. The quantitative estimate of drug-likeness (QED) is 0.474. The SMILES string of the molecule is CSc1ccc([N+](=O)[O-])c(C(=O)N(C)Cc2ccccc2C)c1. The summed E-state index contributed by atoms with van der Waals surface area (Å²) in [4.78, 5) is 25.7. The van der Waals surface area contributed by atoms with E-state index in [-0.39, 0.29) is 17.2 Å². The summed E-state index contributed by atoms with van der Waals surface area (Å²) < 4.78 is 0. The summed E-state index contributed by atoms with van der Waals surface area (Å²) >= 11 is 1.45. The second kappa shape index (κ2) is 7.28. The van der Waals surface area contributed by atoms with Gasteiger partial charge in [0.1, 0.15) is 5.56 Å². The van der Waals surface area contributed by atoms with E-state index in [0.29, 0.717) is 6.54 Å². The van der Waals surface area contributed by atoms with Gasteiger partial charge in [0.15, 0.2) is 0 Å². The lowest BCUT2D eigenvalue weighted by Crippen LogP contribution is -2.27. The number of hydrogen-bond acceptors (Lipinski definition) is 4. The molecule has 2 rings (SSSR count). The standard InChI is InChI=1S/C17H18N2O3S/c1-12-6-4-5-7-13(12)11-18(2)17(20)15-10-14(23-3)8-9-16(15)19(21)22/h4-10H,11H2,1-3H3. The average Bonchev–Trinajstić information content (AvgIpc) is 2.55. The number of nitro groups is 1. The number of amides is 1. The number of thioether (sulfide) groups is 1. The molecule has 0 fully saturated rings. The van der Waals surface area contributed by atoms with Gasteiger partial charge in [-0.2, -0.15) is 0 Å². The minimum Gasteiger partial charge on any atom is -0.337 e. The Bertz CT molecular complexity index is 746. The molecule has 0 saturated carbocycles. The first-order valence-corrected chi connectivity index (χ1v) is 8.29. The van der Waals surface area contributed by atoms with Crippen molar-refractivity contribution in [1.29, 1.82) is 0 Å². The Kier molecular flexibility index (Phi) is 5.39. The zero-order valence-corrected chi connectivity index (χ0v) is 14.1. The van der Waals surface area contributed by atoms with Crippen molar-refractivity contribution in [2.45, 2.75) is 18.4 Å². The maximum absolute atomic E-state index is 12.7. The first-order valence-electron chi connectivity index (χ1n) is 7.06. The predicted octanol–water partition coefficient (Wildman–Crippen LogP) is 3.90. The maximum atomic E-state index is 12.7. The van der Waals surface area contributed by atoms with E-state index in [1.165, 1.54) is 22.7 Å². The van der Waals surface area contributed by atoms with E-state index < -0.39 is 4.92 Å². The molecular formula is C17H18N2O3S. The van der Waals surface area contributed by atoms with Gasteiger partial charge in [0.25, 0.3) is 11.6 Å². The van der Waals surface area contributed by atoms with Crippen LogP contribution in [-0.4, -0.2) is 29.0 Å². The fourth-order valence-electron chi connectivity index (χ4n) is 2.29. The van der Waals surface area contributed by atoms with Crippen molar-refractivity contribution in [3.63, 3.8) is 0 Å². The zero-order chi connectivity index (χ0) is 17.0. The molecule has 6 heteroatoms. The van der Waals surface area contributed by atoms with Gasteiger partial charge in [0.2, 0.25) is 0 Å². The normalized spacial score (nSPS) is 10.4. The lowest BCUT2D eigenvalue weighted by atomic mass is 10.1. The van der Waals surface area contributed by atoms with E-state index in [1.807, 2.05) is 37.4 Å². The minimum atomic E-state index is -0.515. The van der Waals surface area contributed by atoms with Crippen LogP contribution < -0.4 is 0 Å². The van der Waals surface area contributed by atoms with Gasteiger partial charge in [-0.1, -0.05) is 24.3 Å². The van der Waals surface area contributed by atoms with Gasteiger partial charge in [0, 0.05) is 24.6 Å². The highest BCUT2D eigenvalue weighted by molar-refractivity contribution is 7.98. The molecule has 2 aromatic carbocycles. The highest BCUT2D eigenvalue weighted by Gasteiger charge is 2.23. The van der Waals surface area contributed by atoms with Gasteiger partial charge in [0.05, 0.1) is 4.92 Å². The molecule has 1 amide bonds. The monoisotopic (exact) mass is 330 g/mol. The Morgan fingerprint density at radius 3 is 2.57 bits per heavy atom. The molecule has 23 heavy (non-hydrogen) atoms. The Labute approximate surface area is 139 Å². The van der Waals surface area contributed by atoms with Crippen molar-refractivity contribution >= 4 is 23.4 Å². The molecule has 0 saturated heterocycles. The lowest BCUT2D eigenvalue weighted by molar-refractivity contribution is -0.385. The molecule has 2 aromatic rings. The van der Waals surface area contributed by atoms with Crippen LogP contribution in [0.25, 0.3) is 0 Å². The number of benzene rings is 2. The van der Waals surface area contributed by atoms with Crippen LogP contribution >= 0.6 is 11.8 Å². The predicted molar refractivity (Wildman–Crippen MR) is 91.9 cm³/mol. The molecule has 0 heterocycles. The Balaban J connectivity index is 2.32. The van der Waals surface area contributed by atoms with E-state index in [0.717, 1.165) is 16.0 Å². The zero-order valence-electron chi connectivity index (χ0n) is 13.3. The molecule has 0 bridgehead atoms. The Morgan fingerprint density at radius 1 is 1.26 bits per heavy atom. The van der Waals surface area contributed by atoms with Crippen LogP contribution in [0.2, 0.25) is 0 Å². The largest absolute Gasteiger partial charge is 0.337 e. The van der Waals surface area contributed by atoms with Gasteiger partial charge in [-0.15, -0.1) is 11.8 Å². The highest BCUT2D eigenvalue weighted by atomic mass is 32.2. The van der Waals surface area contributed by atoms with Crippen LogP contribution in [0, 0.1) is 17.0 Å². The van der Waals surface area contributed by atoms with Crippen molar-refractivity contribution in [2.75, 3.05) is 13.3 Å². The summed E-state index contributed by atoms with van der Waals surface area (Å²) in [5.74, 6) is -0.351. The Hall–Kier alpha value is -2.34. The lowest BCUT2D eigenvalue weighted by Gasteiger charge is -2.19. The van der Waals surface area contributed by atoms with Crippen molar-refractivity contribution in [3.8, 4) is 0 Å². The third-order valence-corrected chi connectivity index (χ3v) is 4.37. The molecule has 5 nitrogen and oxygen atoms in total. The van der Waals surface area contributed by atoms with Gasteiger partial charge >= 0.3 is 0 Å². The van der Waals surface area contributed by atoms with Crippen LogP contribution in [0.4, 0.5) is 5.69 Å². The third kappa shape index (κ3) is 3.90. The van der Waals surface area contributed by atoms with Crippen molar-refractivity contribution in [1.82, 2.24) is 4.90 Å². The van der Waals surface area contributed by atoms with E-state index in [4.69, 9.17) is 0 Å². The molecule has 0 N–H and O–H groups in total. The molecule has 0 spiro atoms. The molecule has 120 valence electrons. The van der Waals surface area contributed by atoms with E-state index >= 15 is 0 Å². The second-order valence-corrected chi connectivity index (χ2v) is 6.11. The summed E-state index contributed by atoms with van der Waals surface area (Å²) in [7, 11) is 1.66. The molecular weight excluding hydrogens is 312 g/mol. The number of nitrogens with zero attached hydrogens (tertiary/aromatic N) is 2. The summed E-state index contributed by atoms with van der Waals surface area (Å²) in [5, 5.41) is 11.2. The highest BCUT2D eigenvalue weighted by Crippen LogP contribution is 2.26. The van der Waals surface area contributed by atoms with Crippen molar-refractivity contribution in [2.24, 2.45) is 0 Å². The van der Waals surface area contributed by atoms with Gasteiger partial charge in [-0.05, 0) is 36.4 Å². The number of rotatable bonds is 5. The third-order valence-electron chi connectivity index (χ3n) is 3.65. The summed E-state index contributed by atoms with van der Waals surface area (Å²) in [6, 6.07) is 12.4. The van der Waals surface area contributed by atoms with Gasteiger partial charge < -0.3 is 4.90 Å². The number of aryl methyl sites for hydroxylation is 1. The van der Waals surface area contributed by atoms with E-state index in [9.17, 15) is 14.9 Å². The topological polar surface area (TPSA) is 63.5 Å². The van der Waals surface area contributed by atoms with Crippen molar-refractivity contribution in [3.05, 3.63) is 69.3 Å². The first kappa shape index (κ1) is 17.0. The molecule has 0 aromatic heterocycles. The number of carbonyl (C=O) groups excluding carboxylic acids is 1. The van der Waals surface area contributed by atoms with Crippen LogP contribution in [0.5, 0.6) is 0 Å². The maximum Gasteiger partial charge on any atom is 0.282 e. The molecule has 0 radical (unpaired) electrons. The minimum absolute atomic E-state index is 0.123. The number of carbonyl (C=O) groups is 1. The Morgan fingerprint density at radius 2 is 1.96 bits per heavy atom. The molecule has 0 atom stereocenters. The summed E-state index contributed by atoms with van der Waals surface area (Å²) in [6.07, 6.45) is 1.87. The van der Waals surface area contributed by atoms with Crippen LogP contribution in [0.3, 0.4) is 0 Å². The summed E-state index contributed by atoms with van der Waals surface area (Å²) in [5.41, 5.74) is 2.06. The van der Waals surface area contributed by atoms with Crippen molar-refractivity contribution < 1.29 is 9.72 Å². The fourth-order valence-corrected chi connectivity index (χ4v) is 2.73. The van der Waals surface area contributed by atoms with Crippen LogP contribution in [0.15, 0.2) is 47.4 Å². The number of hydrogen-bond donors (Lipinski definition) is 0.